The predicted octanol–water partition coefficient (Wildman–Crippen LogP) is 1.65. The molecule has 0 bridgehead atoms. The fourth-order valence-electron chi connectivity index (χ4n) is 0.744. The van der Waals surface area contributed by atoms with E-state index in [1.54, 1.807) is 17.5 Å². The molecule has 1 N–H and O–H groups in total. The molecule has 1 heterocycles. The van der Waals surface area contributed by atoms with Gasteiger partial charge < -0.3 is 5.11 Å². The molecule has 0 radical (unpaired) electrons. The Morgan fingerprint density at radius 1 is 1.58 bits per heavy atom. The van der Waals surface area contributed by atoms with Gasteiger partial charge in [0.15, 0.2) is 5.78 Å². The molecule has 1 aromatic heterocycles. The number of hydrogen-bond acceptors (Lipinski definition) is 3. The Morgan fingerprint density at radius 2 is 2.25 bits per heavy atom. The van der Waals surface area contributed by atoms with Crippen LogP contribution >= 0.6 is 11.3 Å². The molecule has 0 aliphatic heterocycles. The highest BCUT2D eigenvalue weighted by atomic mass is 32.1. The third kappa shape index (κ3) is 1.71. The van der Waals surface area contributed by atoms with Crippen LogP contribution < -0.4 is 0 Å². The second kappa shape index (κ2) is 3.49. The van der Waals surface area contributed by atoms with Crippen molar-refractivity contribution in [3.05, 3.63) is 22.4 Å². The Hall–Kier alpha value is -1.16. The van der Waals surface area contributed by atoms with E-state index < -0.39 is 11.9 Å². The van der Waals surface area contributed by atoms with E-state index >= 15 is 0 Å². The molecule has 4 heteroatoms. The van der Waals surface area contributed by atoms with Crippen LogP contribution in [-0.4, -0.2) is 16.9 Å². The van der Waals surface area contributed by atoms with Crippen molar-refractivity contribution in [2.24, 2.45) is 5.92 Å². The highest BCUT2D eigenvalue weighted by Gasteiger charge is 2.22. The fraction of sp³-hybridized carbons (Fsp3) is 0.250. The lowest BCUT2D eigenvalue weighted by Gasteiger charge is -2.01. The summed E-state index contributed by atoms with van der Waals surface area (Å²) in [4.78, 5) is 22.2. The number of thiophene rings is 1. The first kappa shape index (κ1) is 8.93. The largest absolute Gasteiger partial charge is 0.481 e. The number of rotatable bonds is 3. The quantitative estimate of drug-likeness (QED) is 0.574. The number of carbonyl (C=O) groups is 2. The maximum Gasteiger partial charge on any atom is 0.314 e. The third-order valence-electron chi connectivity index (χ3n) is 1.53. The van der Waals surface area contributed by atoms with Gasteiger partial charge in [0.1, 0.15) is 5.92 Å². The Balaban J connectivity index is 2.79. The van der Waals surface area contributed by atoms with Crippen molar-refractivity contribution in [2.75, 3.05) is 0 Å². The second-order valence-electron chi connectivity index (χ2n) is 2.40. The molecule has 0 saturated heterocycles. The van der Waals surface area contributed by atoms with Crippen LogP contribution in [0.5, 0.6) is 0 Å². The molecule has 1 atom stereocenters. The Kier molecular flexibility index (Phi) is 2.60. The van der Waals surface area contributed by atoms with Gasteiger partial charge in [-0.3, -0.25) is 9.59 Å². The number of ketones is 1. The molecule has 64 valence electrons. The number of carbonyl (C=O) groups excluding carboxylic acids is 1. The third-order valence-corrected chi connectivity index (χ3v) is 2.41. The van der Waals surface area contributed by atoms with Gasteiger partial charge in [0.25, 0.3) is 0 Å². The highest BCUT2D eigenvalue weighted by molar-refractivity contribution is 7.12. The summed E-state index contributed by atoms with van der Waals surface area (Å²) in [5.41, 5.74) is 0. The molecule has 0 aromatic carbocycles. The molecule has 1 aromatic rings. The van der Waals surface area contributed by atoms with E-state index in [0.717, 1.165) is 0 Å². The normalized spacial score (nSPS) is 12.4. The van der Waals surface area contributed by atoms with Crippen LogP contribution in [0, 0.1) is 5.92 Å². The summed E-state index contributed by atoms with van der Waals surface area (Å²) in [6.07, 6.45) is 0. The van der Waals surface area contributed by atoms with Crippen LogP contribution in [0.3, 0.4) is 0 Å². The molecule has 0 saturated carbocycles. The summed E-state index contributed by atoms with van der Waals surface area (Å²) >= 11 is 1.26. The number of carboxylic acids is 1. The molecule has 0 aliphatic carbocycles. The van der Waals surface area contributed by atoms with Gasteiger partial charge in [-0.1, -0.05) is 6.07 Å². The SMILES string of the molecule is CC(C(=O)O)C(=O)c1cccs1. The molecule has 0 fully saturated rings. The van der Waals surface area contributed by atoms with Gasteiger partial charge in [0, 0.05) is 0 Å². The minimum atomic E-state index is -1.08. The summed E-state index contributed by atoms with van der Waals surface area (Å²) in [6.45, 7) is 1.39. The van der Waals surface area contributed by atoms with Gasteiger partial charge in [-0.2, -0.15) is 0 Å². The van der Waals surface area contributed by atoms with Crippen LogP contribution in [0.4, 0.5) is 0 Å². The Morgan fingerprint density at radius 3 is 2.67 bits per heavy atom. The molecule has 12 heavy (non-hydrogen) atoms. The van der Waals surface area contributed by atoms with Crippen molar-refractivity contribution < 1.29 is 14.7 Å². The van der Waals surface area contributed by atoms with E-state index in [1.165, 1.54) is 18.3 Å². The van der Waals surface area contributed by atoms with Gasteiger partial charge in [0.2, 0.25) is 0 Å². The standard InChI is InChI=1S/C8H8O3S/c1-5(8(10)11)7(9)6-3-2-4-12-6/h2-5H,1H3,(H,10,11). The number of aliphatic carboxylic acids is 1. The van der Waals surface area contributed by atoms with Gasteiger partial charge in [0.05, 0.1) is 4.88 Å². The molecule has 1 rings (SSSR count). The summed E-state index contributed by atoms with van der Waals surface area (Å²) in [5, 5.41) is 10.3. The van der Waals surface area contributed by atoms with Crippen molar-refractivity contribution in [3.8, 4) is 0 Å². The Bertz CT molecular complexity index is 289. The number of hydrogen-bond donors (Lipinski definition) is 1. The van der Waals surface area contributed by atoms with E-state index in [-0.39, 0.29) is 5.78 Å². The van der Waals surface area contributed by atoms with Crippen molar-refractivity contribution in [2.45, 2.75) is 6.92 Å². The van der Waals surface area contributed by atoms with Crippen LogP contribution in [-0.2, 0) is 4.79 Å². The Labute approximate surface area is 73.6 Å². The first-order valence-corrected chi connectivity index (χ1v) is 4.31. The smallest absolute Gasteiger partial charge is 0.314 e. The summed E-state index contributed by atoms with van der Waals surface area (Å²) in [5.74, 6) is -2.34. The van der Waals surface area contributed by atoms with Gasteiger partial charge in [-0.25, -0.2) is 0 Å². The average Bonchev–Trinajstić information content (AvgIpc) is 2.53. The first-order chi connectivity index (χ1) is 5.63. The van der Waals surface area contributed by atoms with Crippen LogP contribution in [0.1, 0.15) is 16.6 Å². The van der Waals surface area contributed by atoms with E-state index in [4.69, 9.17) is 5.11 Å². The molecule has 0 amide bonds. The monoisotopic (exact) mass is 184 g/mol. The topological polar surface area (TPSA) is 54.4 Å². The minimum Gasteiger partial charge on any atom is -0.481 e. The average molecular weight is 184 g/mol. The second-order valence-corrected chi connectivity index (χ2v) is 3.35. The van der Waals surface area contributed by atoms with Gasteiger partial charge >= 0.3 is 5.97 Å². The van der Waals surface area contributed by atoms with Crippen LogP contribution in [0.15, 0.2) is 17.5 Å². The van der Waals surface area contributed by atoms with Crippen molar-refractivity contribution in [1.82, 2.24) is 0 Å². The maximum atomic E-state index is 11.3. The molecule has 1 unspecified atom stereocenters. The van der Waals surface area contributed by atoms with Crippen molar-refractivity contribution >= 4 is 23.1 Å². The fourth-order valence-corrected chi connectivity index (χ4v) is 1.50. The van der Waals surface area contributed by atoms with E-state index in [9.17, 15) is 9.59 Å². The zero-order valence-corrected chi connectivity index (χ0v) is 7.30. The number of Topliss-reactive ketones (excluding diaryl/α,β-unsaturated/α-hetero) is 1. The molecule has 0 aliphatic rings. The van der Waals surface area contributed by atoms with E-state index in [2.05, 4.69) is 0 Å². The van der Waals surface area contributed by atoms with Crippen LogP contribution in [0.25, 0.3) is 0 Å². The van der Waals surface area contributed by atoms with Crippen molar-refractivity contribution in [1.29, 1.82) is 0 Å². The lowest BCUT2D eigenvalue weighted by molar-refractivity contribution is -0.139. The predicted molar refractivity (Wildman–Crippen MR) is 45.4 cm³/mol. The highest BCUT2D eigenvalue weighted by Crippen LogP contribution is 2.14. The van der Waals surface area contributed by atoms with Crippen LogP contribution in [0.2, 0.25) is 0 Å². The van der Waals surface area contributed by atoms with Crippen molar-refractivity contribution in [3.63, 3.8) is 0 Å². The zero-order chi connectivity index (χ0) is 9.14. The van der Waals surface area contributed by atoms with E-state index in [1.807, 2.05) is 0 Å². The molecular formula is C8H8O3S. The molecule has 3 nitrogen and oxygen atoms in total. The summed E-state index contributed by atoms with van der Waals surface area (Å²) in [7, 11) is 0. The molecule has 0 spiro atoms. The number of carboxylic acid groups (broad SMARTS) is 1. The zero-order valence-electron chi connectivity index (χ0n) is 6.48. The molecular weight excluding hydrogens is 176 g/mol. The van der Waals surface area contributed by atoms with E-state index in [0.29, 0.717) is 4.88 Å². The summed E-state index contributed by atoms with van der Waals surface area (Å²) < 4.78 is 0. The summed E-state index contributed by atoms with van der Waals surface area (Å²) in [6, 6.07) is 3.36. The lowest BCUT2D eigenvalue weighted by atomic mass is 10.1. The minimum absolute atomic E-state index is 0.322. The van der Waals surface area contributed by atoms with Gasteiger partial charge in [-0.15, -0.1) is 11.3 Å². The first-order valence-electron chi connectivity index (χ1n) is 3.43. The van der Waals surface area contributed by atoms with Gasteiger partial charge in [-0.05, 0) is 18.4 Å². The maximum absolute atomic E-state index is 11.3. The lowest BCUT2D eigenvalue weighted by Crippen LogP contribution is -2.19.